The summed E-state index contributed by atoms with van der Waals surface area (Å²) in [6.07, 6.45) is 0. The van der Waals surface area contributed by atoms with E-state index in [1.807, 2.05) is 36.4 Å². The van der Waals surface area contributed by atoms with Crippen molar-refractivity contribution >= 4 is 25.3 Å². The molecule has 0 amide bonds. The van der Waals surface area contributed by atoms with Crippen molar-refractivity contribution in [3.8, 4) is 11.1 Å². The molecule has 0 saturated carbocycles. The van der Waals surface area contributed by atoms with E-state index in [0.29, 0.717) is 0 Å². The summed E-state index contributed by atoms with van der Waals surface area (Å²) in [6.45, 7) is 0. The zero-order chi connectivity index (χ0) is 8.55. The van der Waals surface area contributed by atoms with Crippen molar-refractivity contribution < 1.29 is 0 Å². The molecule has 0 aromatic heterocycles. The molecular formula is C10H6S2-2. The molecule has 0 bridgehead atoms. The molecule has 0 aromatic rings. The lowest BCUT2D eigenvalue weighted by molar-refractivity contribution is 1.36. The van der Waals surface area contributed by atoms with Gasteiger partial charge in [0.2, 0.25) is 0 Å². The van der Waals surface area contributed by atoms with E-state index in [-0.39, 0.29) is 0 Å². The highest BCUT2D eigenvalue weighted by atomic mass is 32.1. The minimum Gasteiger partial charge on any atom is -0.781 e. The van der Waals surface area contributed by atoms with Gasteiger partial charge in [-0.2, -0.15) is 9.79 Å². The molecule has 2 aliphatic rings. The van der Waals surface area contributed by atoms with Crippen LogP contribution in [0.4, 0.5) is 0 Å². The Morgan fingerprint density at radius 1 is 0.917 bits per heavy atom. The van der Waals surface area contributed by atoms with Crippen LogP contribution < -0.4 is 0 Å². The third kappa shape index (κ3) is 1.13. The zero-order valence-electron chi connectivity index (χ0n) is 6.28. The van der Waals surface area contributed by atoms with Gasteiger partial charge in [0.1, 0.15) is 0 Å². The monoisotopic (exact) mass is 190 g/mol. The summed E-state index contributed by atoms with van der Waals surface area (Å²) < 4.78 is 0. The number of hydrogen-bond donors (Lipinski definition) is 0. The third-order valence-electron chi connectivity index (χ3n) is 1.83. The SMILES string of the molecule is [S-]c1cc2cccccc-2c1[S-]. The molecule has 60 valence electrons. The summed E-state index contributed by atoms with van der Waals surface area (Å²) in [6, 6.07) is 11.9. The highest BCUT2D eigenvalue weighted by Gasteiger charge is 1.98. The summed E-state index contributed by atoms with van der Waals surface area (Å²) in [7, 11) is 0. The van der Waals surface area contributed by atoms with Crippen LogP contribution in [0.25, 0.3) is 11.1 Å². The van der Waals surface area contributed by atoms with Gasteiger partial charge in [0, 0.05) is 0 Å². The lowest BCUT2D eigenvalue weighted by Crippen LogP contribution is -1.69. The van der Waals surface area contributed by atoms with Crippen molar-refractivity contribution in [3.63, 3.8) is 0 Å². The van der Waals surface area contributed by atoms with E-state index >= 15 is 0 Å². The minimum atomic E-state index is 0.784. The molecule has 2 rings (SSSR count). The number of fused-ring (bicyclic) bond motifs is 1. The van der Waals surface area contributed by atoms with Crippen LogP contribution in [0.2, 0.25) is 0 Å². The van der Waals surface area contributed by atoms with Gasteiger partial charge in [0.15, 0.2) is 0 Å². The van der Waals surface area contributed by atoms with Crippen molar-refractivity contribution in [2.24, 2.45) is 0 Å². The van der Waals surface area contributed by atoms with Crippen molar-refractivity contribution in [1.82, 2.24) is 0 Å². The van der Waals surface area contributed by atoms with Gasteiger partial charge in [-0.15, -0.1) is 0 Å². The third-order valence-corrected chi connectivity index (χ3v) is 2.72. The van der Waals surface area contributed by atoms with Crippen LogP contribution in [-0.2, 0) is 25.3 Å². The normalized spacial score (nSPS) is 10.3. The van der Waals surface area contributed by atoms with Crippen LogP contribution >= 0.6 is 0 Å². The van der Waals surface area contributed by atoms with Gasteiger partial charge in [0.05, 0.1) is 0 Å². The molecule has 0 nitrogen and oxygen atoms in total. The summed E-state index contributed by atoms with van der Waals surface area (Å²) in [4.78, 5) is 1.59. The van der Waals surface area contributed by atoms with Gasteiger partial charge in [-0.3, -0.25) is 0 Å². The van der Waals surface area contributed by atoms with Crippen LogP contribution in [0.5, 0.6) is 0 Å². The maximum absolute atomic E-state index is 5.17. The van der Waals surface area contributed by atoms with E-state index < -0.39 is 0 Å². The van der Waals surface area contributed by atoms with E-state index in [1.165, 1.54) is 0 Å². The Morgan fingerprint density at radius 3 is 2.50 bits per heavy atom. The first-order chi connectivity index (χ1) is 5.79. The molecule has 0 unspecified atom stereocenters. The molecule has 0 N–H and O–H groups in total. The van der Waals surface area contributed by atoms with Crippen LogP contribution in [-0.4, -0.2) is 0 Å². The first-order valence-electron chi connectivity index (χ1n) is 3.65. The van der Waals surface area contributed by atoms with E-state index in [0.717, 1.165) is 20.9 Å². The lowest BCUT2D eigenvalue weighted by Gasteiger charge is -2.13. The second-order valence-electron chi connectivity index (χ2n) is 2.62. The highest BCUT2D eigenvalue weighted by Crippen LogP contribution is 2.30. The van der Waals surface area contributed by atoms with Crippen LogP contribution in [0.15, 0.2) is 46.2 Å². The minimum absolute atomic E-state index is 0.784. The maximum Gasteiger partial charge on any atom is -0.0215 e. The Bertz CT molecular complexity index is 382. The van der Waals surface area contributed by atoms with Crippen LogP contribution in [0.1, 0.15) is 0 Å². The molecule has 0 aromatic carbocycles. The van der Waals surface area contributed by atoms with Gasteiger partial charge >= 0.3 is 0 Å². The Hall–Kier alpha value is -0.860. The zero-order valence-corrected chi connectivity index (χ0v) is 7.91. The molecule has 0 atom stereocenters. The van der Waals surface area contributed by atoms with Gasteiger partial charge in [-0.1, -0.05) is 36.4 Å². The van der Waals surface area contributed by atoms with Crippen LogP contribution in [0, 0.1) is 0 Å². The first kappa shape index (κ1) is 7.77. The standard InChI is InChI=1S/C10H8S2/c11-9-6-7-4-2-1-3-5-8(7)10(9)12/h1-6,11-12H/p-2. The fraction of sp³-hybridized carbons (Fsp3) is 0. The first-order valence-corrected chi connectivity index (χ1v) is 4.46. The Labute approximate surface area is 82.8 Å². The molecule has 0 spiro atoms. The summed E-state index contributed by atoms with van der Waals surface area (Å²) >= 11 is 10.3. The number of rotatable bonds is 0. The molecule has 0 fully saturated rings. The molecule has 0 heterocycles. The maximum atomic E-state index is 5.17. The van der Waals surface area contributed by atoms with E-state index in [2.05, 4.69) is 0 Å². The molecule has 2 aliphatic carbocycles. The van der Waals surface area contributed by atoms with Gasteiger partial charge in [-0.05, 0) is 11.1 Å². The second kappa shape index (κ2) is 2.88. The predicted molar refractivity (Wildman–Crippen MR) is 54.3 cm³/mol. The highest BCUT2D eigenvalue weighted by molar-refractivity contribution is 7.62. The van der Waals surface area contributed by atoms with Crippen molar-refractivity contribution in [3.05, 3.63) is 36.4 Å². The average molecular weight is 190 g/mol. The quantitative estimate of drug-likeness (QED) is 0.586. The van der Waals surface area contributed by atoms with Crippen LogP contribution in [0.3, 0.4) is 0 Å². The van der Waals surface area contributed by atoms with Gasteiger partial charge in [0.25, 0.3) is 0 Å². The van der Waals surface area contributed by atoms with E-state index in [9.17, 15) is 0 Å². The number of hydrogen-bond acceptors (Lipinski definition) is 2. The molecule has 12 heavy (non-hydrogen) atoms. The van der Waals surface area contributed by atoms with Crippen molar-refractivity contribution in [2.45, 2.75) is 9.79 Å². The molecule has 0 radical (unpaired) electrons. The Morgan fingerprint density at radius 2 is 1.67 bits per heavy atom. The molecular weight excluding hydrogens is 184 g/mol. The lowest BCUT2D eigenvalue weighted by atomic mass is 10.2. The smallest absolute Gasteiger partial charge is 0.0215 e. The Balaban J connectivity index is 2.79. The second-order valence-corrected chi connectivity index (χ2v) is 3.47. The molecule has 0 saturated heterocycles. The van der Waals surface area contributed by atoms with E-state index in [1.54, 1.807) is 0 Å². The fourth-order valence-corrected chi connectivity index (χ4v) is 1.72. The average Bonchev–Trinajstić information content (AvgIpc) is 2.30. The molecule has 2 heteroatoms. The Kier molecular flexibility index (Phi) is 1.87. The van der Waals surface area contributed by atoms with Gasteiger partial charge < -0.3 is 25.3 Å². The summed E-state index contributed by atoms with van der Waals surface area (Å²) in [5, 5.41) is 0. The van der Waals surface area contributed by atoms with Gasteiger partial charge in [-0.25, -0.2) is 0 Å². The predicted octanol–water partition coefficient (Wildman–Crippen LogP) is 2.60. The van der Waals surface area contributed by atoms with E-state index in [4.69, 9.17) is 25.3 Å². The topological polar surface area (TPSA) is 0 Å². The largest absolute Gasteiger partial charge is 0.781 e. The summed E-state index contributed by atoms with van der Waals surface area (Å²) in [5.74, 6) is 0. The summed E-state index contributed by atoms with van der Waals surface area (Å²) in [5.41, 5.74) is 2.22. The van der Waals surface area contributed by atoms with Crippen molar-refractivity contribution in [1.29, 1.82) is 0 Å². The fourth-order valence-electron chi connectivity index (χ4n) is 1.23. The van der Waals surface area contributed by atoms with Crippen molar-refractivity contribution in [2.75, 3.05) is 0 Å². The molecule has 0 aliphatic heterocycles.